The Bertz CT molecular complexity index is 827. The van der Waals surface area contributed by atoms with Crippen molar-refractivity contribution in [3.8, 4) is 5.69 Å². The zero-order valence-corrected chi connectivity index (χ0v) is 13.8. The molecule has 1 N–H and O–H groups in total. The molecule has 0 saturated carbocycles. The third kappa shape index (κ3) is 3.68. The van der Waals surface area contributed by atoms with E-state index in [0.29, 0.717) is 5.69 Å². The topological polar surface area (TPSA) is 90.3 Å². The molecule has 7 heteroatoms. The highest BCUT2D eigenvalue weighted by atomic mass is 16.5. The Morgan fingerprint density at radius 1 is 1.25 bits per heavy atom. The number of para-hydroxylation sites is 1. The number of rotatable bonds is 5. The van der Waals surface area contributed by atoms with Crippen molar-refractivity contribution >= 4 is 17.6 Å². The van der Waals surface area contributed by atoms with Gasteiger partial charge in [-0.15, -0.1) is 0 Å². The Balaban J connectivity index is 2.62. The lowest BCUT2D eigenvalue weighted by Crippen LogP contribution is -2.27. The second kappa shape index (κ2) is 7.54. The molecule has 126 valence electrons. The van der Waals surface area contributed by atoms with Crippen LogP contribution >= 0.6 is 0 Å². The van der Waals surface area contributed by atoms with Crippen molar-refractivity contribution in [1.29, 1.82) is 0 Å². The number of amides is 1. The normalized spacial score (nSPS) is 10.3. The number of nitrogens with zero attached hydrogens (tertiary/aromatic N) is 2. The second-order valence-corrected chi connectivity index (χ2v) is 5.07. The summed E-state index contributed by atoms with van der Waals surface area (Å²) < 4.78 is 6.10. The Morgan fingerprint density at radius 3 is 2.58 bits per heavy atom. The first-order valence-electron chi connectivity index (χ1n) is 7.65. The van der Waals surface area contributed by atoms with Crippen LogP contribution in [0.4, 0.5) is 5.69 Å². The molecule has 7 nitrogen and oxygen atoms in total. The predicted molar refractivity (Wildman–Crippen MR) is 89.4 cm³/mol. The van der Waals surface area contributed by atoms with Crippen LogP contribution in [0.1, 0.15) is 36.3 Å². The van der Waals surface area contributed by atoms with Crippen LogP contribution in [-0.2, 0) is 9.53 Å². The highest BCUT2D eigenvalue weighted by Crippen LogP contribution is 2.15. The van der Waals surface area contributed by atoms with Gasteiger partial charge in [-0.1, -0.05) is 25.1 Å². The van der Waals surface area contributed by atoms with E-state index < -0.39 is 11.5 Å². The lowest BCUT2D eigenvalue weighted by Gasteiger charge is -2.13. The summed E-state index contributed by atoms with van der Waals surface area (Å²) in [7, 11) is 0. The van der Waals surface area contributed by atoms with Crippen molar-refractivity contribution in [2.75, 3.05) is 11.9 Å². The van der Waals surface area contributed by atoms with E-state index in [1.54, 1.807) is 26.0 Å². The number of carbonyl (C=O) groups is 2. The van der Waals surface area contributed by atoms with E-state index in [0.717, 1.165) is 10.2 Å². The number of aryl methyl sites for hydroxylation is 1. The predicted octanol–water partition coefficient (Wildman–Crippen LogP) is 2.07. The molecule has 0 aliphatic heterocycles. The largest absolute Gasteiger partial charge is 0.461 e. The van der Waals surface area contributed by atoms with Gasteiger partial charge in [-0.25, -0.2) is 4.79 Å². The van der Waals surface area contributed by atoms with Crippen molar-refractivity contribution in [2.24, 2.45) is 0 Å². The molecule has 1 heterocycles. The van der Waals surface area contributed by atoms with Crippen LogP contribution in [-0.4, -0.2) is 28.3 Å². The number of esters is 1. The van der Waals surface area contributed by atoms with Crippen LogP contribution in [0.3, 0.4) is 0 Å². The molecule has 2 rings (SSSR count). The van der Waals surface area contributed by atoms with Crippen molar-refractivity contribution in [2.45, 2.75) is 27.2 Å². The first-order chi connectivity index (χ1) is 11.5. The number of aromatic nitrogens is 2. The van der Waals surface area contributed by atoms with Crippen molar-refractivity contribution < 1.29 is 14.3 Å². The Morgan fingerprint density at radius 2 is 1.96 bits per heavy atom. The minimum atomic E-state index is -0.703. The average molecular weight is 329 g/mol. The van der Waals surface area contributed by atoms with Crippen molar-refractivity contribution in [3.05, 3.63) is 51.9 Å². The molecule has 0 aliphatic carbocycles. The summed E-state index contributed by atoms with van der Waals surface area (Å²) in [6, 6.07) is 8.35. The van der Waals surface area contributed by atoms with Gasteiger partial charge in [0, 0.05) is 12.5 Å². The fraction of sp³-hybridized carbons (Fsp3) is 0.294. The summed E-state index contributed by atoms with van der Waals surface area (Å²) in [4.78, 5) is 36.2. The molecular weight excluding hydrogens is 310 g/mol. The molecule has 0 aliphatic rings. The van der Waals surface area contributed by atoms with E-state index in [1.165, 1.54) is 6.07 Å². The van der Waals surface area contributed by atoms with Crippen LogP contribution in [0, 0.1) is 6.92 Å². The van der Waals surface area contributed by atoms with E-state index in [9.17, 15) is 14.4 Å². The monoisotopic (exact) mass is 329 g/mol. The fourth-order valence-electron chi connectivity index (χ4n) is 2.11. The number of benzene rings is 1. The zero-order chi connectivity index (χ0) is 17.7. The van der Waals surface area contributed by atoms with E-state index in [1.807, 2.05) is 19.1 Å². The van der Waals surface area contributed by atoms with Crippen LogP contribution < -0.4 is 10.9 Å². The Kier molecular flexibility index (Phi) is 5.47. The molecule has 0 unspecified atom stereocenters. The average Bonchev–Trinajstić information content (AvgIpc) is 2.56. The summed E-state index contributed by atoms with van der Waals surface area (Å²) in [6.45, 7) is 5.33. The molecule has 1 aromatic carbocycles. The smallest absolute Gasteiger partial charge is 0.360 e. The van der Waals surface area contributed by atoms with Gasteiger partial charge in [0.05, 0.1) is 18.0 Å². The maximum atomic E-state index is 12.4. The van der Waals surface area contributed by atoms with Gasteiger partial charge in [0.25, 0.3) is 5.56 Å². The first-order valence-corrected chi connectivity index (χ1v) is 7.65. The number of carbonyl (C=O) groups excluding carboxylic acids is 2. The number of nitrogens with one attached hydrogen (secondary N) is 1. The van der Waals surface area contributed by atoms with E-state index >= 15 is 0 Å². The second-order valence-electron chi connectivity index (χ2n) is 5.07. The first kappa shape index (κ1) is 17.4. The van der Waals surface area contributed by atoms with Crippen LogP contribution in [0.2, 0.25) is 0 Å². The van der Waals surface area contributed by atoms with Crippen LogP contribution in [0.5, 0.6) is 0 Å². The molecule has 2 aromatic rings. The van der Waals surface area contributed by atoms with Crippen molar-refractivity contribution in [1.82, 2.24) is 9.78 Å². The molecule has 0 saturated heterocycles. The maximum Gasteiger partial charge on any atom is 0.360 e. The van der Waals surface area contributed by atoms with Gasteiger partial charge in [0.15, 0.2) is 5.69 Å². The third-order valence-electron chi connectivity index (χ3n) is 3.34. The molecule has 0 spiro atoms. The van der Waals surface area contributed by atoms with Crippen LogP contribution in [0.25, 0.3) is 5.69 Å². The fourth-order valence-corrected chi connectivity index (χ4v) is 2.11. The third-order valence-corrected chi connectivity index (χ3v) is 3.34. The standard InChI is InChI=1S/C17H19N3O4/c1-4-14(21)18-12-10-15(22)20(13-9-7-6-8-11(13)3)19-16(12)17(23)24-5-2/h6-10H,4-5H2,1-3H3,(H,18,21). The molecule has 24 heavy (non-hydrogen) atoms. The quantitative estimate of drug-likeness (QED) is 0.848. The van der Waals surface area contributed by atoms with Crippen LogP contribution in [0.15, 0.2) is 35.1 Å². The number of anilines is 1. The highest BCUT2D eigenvalue weighted by molar-refractivity contribution is 5.99. The summed E-state index contributed by atoms with van der Waals surface area (Å²) in [5, 5.41) is 6.64. The number of ether oxygens (including phenoxy) is 1. The zero-order valence-electron chi connectivity index (χ0n) is 13.8. The Labute approximate surface area is 139 Å². The van der Waals surface area contributed by atoms with Gasteiger partial charge in [-0.2, -0.15) is 9.78 Å². The van der Waals surface area contributed by atoms with Gasteiger partial charge in [0.1, 0.15) is 0 Å². The summed E-state index contributed by atoms with van der Waals surface area (Å²) in [5.74, 6) is -1.03. The van der Waals surface area contributed by atoms with E-state index in [-0.39, 0.29) is 30.3 Å². The Hall–Kier alpha value is -2.96. The van der Waals surface area contributed by atoms with Gasteiger partial charge < -0.3 is 10.1 Å². The summed E-state index contributed by atoms with van der Waals surface area (Å²) in [6.07, 6.45) is 0.211. The van der Waals surface area contributed by atoms with Crippen molar-refractivity contribution in [3.63, 3.8) is 0 Å². The molecule has 0 bridgehead atoms. The molecule has 1 aromatic heterocycles. The van der Waals surface area contributed by atoms with E-state index in [2.05, 4.69) is 10.4 Å². The number of hydrogen-bond donors (Lipinski definition) is 1. The lowest BCUT2D eigenvalue weighted by molar-refractivity contribution is -0.115. The van der Waals surface area contributed by atoms with Gasteiger partial charge >= 0.3 is 5.97 Å². The molecule has 0 radical (unpaired) electrons. The van der Waals surface area contributed by atoms with Gasteiger partial charge in [-0.3, -0.25) is 9.59 Å². The minimum absolute atomic E-state index is 0.0511. The van der Waals surface area contributed by atoms with E-state index in [4.69, 9.17) is 4.74 Å². The molecule has 0 atom stereocenters. The highest BCUT2D eigenvalue weighted by Gasteiger charge is 2.20. The minimum Gasteiger partial charge on any atom is -0.461 e. The van der Waals surface area contributed by atoms with Gasteiger partial charge in [0.2, 0.25) is 5.91 Å². The molecular formula is C17H19N3O4. The SMILES string of the molecule is CCOC(=O)c1nn(-c2ccccc2C)c(=O)cc1NC(=O)CC. The molecule has 1 amide bonds. The lowest BCUT2D eigenvalue weighted by atomic mass is 10.2. The summed E-state index contributed by atoms with van der Waals surface area (Å²) >= 11 is 0. The molecule has 0 fully saturated rings. The van der Waals surface area contributed by atoms with Gasteiger partial charge in [-0.05, 0) is 25.5 Å². The summed E-state index contributed by atoms with van der Waals surface area (Å²) in [5.41, 5.74) is 0.869. The maximum absolute atomic E-state index is 12.4. The number of hydrogen-bond acceptors (Lipinski definition) is 5.